The van der Waals surface area contributed by atoms with Crippen LogP contribution in [0.15, 0.2) is 48.5 Å². The van der Waals surface area contributed by atoms with E-state index >= 15 is 0 Å². The molecule has 6 nitrogen and oxygen atoms in total. The number of carbonyl (C=O) groups excluding carboxylic acids is 2. The summed E-state index contributed by atoms with van der Waals surface area (Å²) in [5, 5.41) is 5.68. The van der Waals surface area contributed by atoms with Gasteiger partial charge in [-0.1, -0.05) is 12.1 Å². The molecule has 2 amide bonds. The molecule has 0 aliphatic carbocycles. The molecule has 0 spiro atoms. The Bertz CT molecular complexity index is 1120. The van der Waals surface area contributed by atoms with E-state index in [0.29, 0.717) is 28.6 Å². The number of para-hydroxylation sites is 1. The Hall–Kier alpha value is -3.32. The quantitative estimate of drug-likeness (QED) is 0.683. The zero-order valence-electron chi connectivity index (χ0n) is 14.9. The first kappa shape index (κ1) is 16.8. The molecule has 1 atom stereocenters. The van der Waals surface area contributed by atoms with Gasteiger partial charge in [-0.3, -0.25) is 9.59 Å². The average molecular weight is 392 g/mol. The number of carbonyl (C=O) groups is 2. The molecule has 3 heterocycles. The van der Waals surface area contributed by atoms with Crippen LogP contribution in [0.2, 0.25) is 0 Å². The molecule has 0 saturated heterocycles. The Morgan fingerprint density at radius 3 is 2.93 bits per heavy atom. The largest absolute Gasteiger partial charge is 0.488 e. The lowest BCUT2D eigenvalue weighted by Gasteiger charge is -2.23. The predicted molar refractivity (Wildman–Crippen MR) is 107 cm³/mol. The zero-order chi connectivity index (χ0) is 19.3. The number of nitrogens with one attached hydrogen (secondary N) is 2. The van der Waals surface area contributed by atoms with E-state index in [9.17, 15) is 9.59 Å². The van der Waals surface area contributed by atoms with Crippen molar-refractivity contribution in [2.75, 3.05) is 10.6 Å². The summed E-state index contributed by atoms with van der Waals surface area (Å²) in [6, 6.07) is 14.9. The molecule has 28 heavy (non-hydrogen) atoms. The van der Waals surface area contributed by atoms with Crippen molar-refractivity contribution in [1.29, 1.82) is 0 Å². The maximum atomic E-state index is 12.8. The molecule has 0 fully saturated rings. The fourth-order valence-electron chi connectivity index (χ4n) is 3.29. The van der Waals surface area contributed by atoms with E-state index in [1.165, 1.54) is 11.3 Å². The van der Waals surface area contributed by atoms with Gasteiger partial charge in [0.15, 0.2) is 6.10 Å². The topological polar surface area (TPSA) is 76.7 Å². The van der Waals surface area contributed by atoms with Gasteiger partial charge in [0.05, 0.1) is 10.6 Å². The minimum absolute atomic E-state index is 0.201. The molecule has 0 bridgehead atoms. The van der Waals surface area contributed by atoms with Crippen molar-refractivity contribution in [2.24, 2.45) is 0 Å². The maximum absolute atomic E-state index is 12.8. The van der Waals surface area contributed by atoms with Crippen LogP contribution in [0.3, 0.4) is 0 Å². The van der Waals surface area contributed by atoms with E-state index in [-0.39, 0.29) is 11.8 Å². The van der Waals surface area contributed by atoms with Crippen molar-refractivity contribution < 1.29 is 19.1 Å². The lowest BCUT2D eigenvalue weighted by Crippen LogP contribution is -2.34. The van der Waals surface area contributed by atoms with E-state index in [1.54, 1.807) is 25.1 Å². The van der Waals surface area contributed by atoms with Crippen molar-refractivity contribution in [3.8, 4) is 21.9 Å². The molecule has 2 aromatic carbocycles. The third-order valence-electron chi connectivity index (χ3n) is 4.72. The average Bonchev–Trinajstić information content (AvgIpc) is 3.14. The van der Waals surface area contributed by atoms with Crippen LogP contribution < -0.4 is 20.1 Å². The highest BCUT2D eigenvalue weighted by Gasteiger charge is 2.25. The van der Waals surface area contributed by atoms with Crippen LogP contribution in [0, 0.1) is 0 Å². The van der Waals surface area contributed by atoms with Crippen LogP contribution in [0.25, 0.3) is 10.4 Å². The van der Waals surface area contributed by atoms with E-state index in [1.807, 2.05) is 30.3 Å². The van der Waals surface area contributed by atoms with E-state index in [2.05, 4.69) is 10.6 Å². The third-order valence-corrected chi connectivity index (χ3v) is 5.93. The van der Waals surface area contributed by atoms with Crippen molar-refractivity contribution in [1.82, 2.24) is 0 Å². The summed E-state index contributed by atoms with van der Waals surface area (Å²) < 4.78 is 11.3. The van der Waals surface area contributed by atoms with E-state index in [4.69, 9.17) is 9.47 Å². The van der Waals surface area contributed by atoms with Crippen LogP contribution in [0.4, 0.5) is 11.4 Å². The number of fused-ring (bicyclic) bond motifs is 4. The summed E-state index contributed by atoms with van der Waals surface area (Å²) in [5.74, 6) is 1.02. The molecule has 2 aliphatic heterocycles. The number of rotatable bonds is 2. The molecule has 7 heteroatoms. The summed E-state index contributed by atoms with van der Waals surface area (Å²) in [6.07, 6.45) is -0.532. The molecule has 1 aromatic heterocycles. The van der Waals surface area contributed by atoms with Gasteiger partial charge in [0.1, 0.15) is 18.1 Å². The van der Waals surface area contributed by atoms with Gasteiger partial charge < -0.3 is 20.1 Å². The number of hydrogen-bond donors (Lipinski definition) is 2. The third kappa shape index (κ3) is 2.80. The molecule has 2 aliphatic rings. The van der Waals surface area contributed by atoms with Crippen molar-refractivity contribution in [3.63, 3.8) is 0 Å². The number of hydrogen-bond acceptors (Lipinski definition) is 5. The molecular formula is C21H16N2O4S. The van der Waals surface area contributed by atoms with Crippen LogP contribution in [-0.2, 0) is 11.4 Å². The van der Waals surface area contributed by atoms with E-state index in [0.717, 1.165) is 21.8 Å². The Balaban J connectivity index is 1.40. The molecule has 3 aromatic rings. The fourth-order valence-corrected chi connectivity index (χ4v) is 4.38. The van der Waals surface area contributed by atoms with Gasteiger partial charge >= 0.3 is 0 Å². The van der Waals surface area contributed by atoms with Crippen LogP contribution in [0.1, 0.15) is 22.2 Å². The first-order chi connectivity index (χ1) is 13.6. The second-order valence-electron chi connectivity index (χ2n) is 6.66. The molecule has 2 N–H and O–H groups in total. The summed E-state index contributed by atoms with van der Waals surface area (Å²) in [5.41, 5.74) is 3.16. The summed E-state index contributed by atoms with van der Waals surface area (Å²) in [6.45, 7) is 2.14. The highest BCUT2D eigenvalue weighted by atomic mass is 32.1. The monoisotopic (exact) mass is 392 g/mol. The van der Waals surface area contributed by atoms with Gasteiger partial charge in [0.25, 0.3) is 11.8 Å². The summed E-state index contributed by atoms with van der Waals surface area (Å²) in [4.78, 5) is 26.2. The standard InChI is InChI=1S/C21H16N2O4S/c1-11-20(24)23-15-9-13(6-7-17(15)27-11)22-21(25)18-8-12-10-26-16-5-3-2-4-14(16)19(12)28-18/h2-9,11H,10H2,1H3,(H,22,25)(H,23,24)/t11-/m1/s1. The van der Waals surface area contributed by atoms with Gasteiger partial charge in [-0.15, -0.1) is 11.3 Å². The van der Waals surface area contributed by atoms with Gasteiger partial charge in [0.2, 0.25) is 0 Å². The fraction of sp³-hybridized carbons (Fsp3) is 0.143. The second kappa shape index (κ2) is 6.38. The number of ether oxygens (including phenoxy) is 2. The summed E-state index contributed by atoms with van der Waals surface area (Å²) in [7, 11) is 0. The molecule has 5 rings (SSSR count). The van der Waals surface area contributed by atoms with Crippen molar-refractivity contribution in [3.05, 3.63) is 59.0 Å². The Morgan fingerprint density at radius 2 is 2.04 bits per heavy atom. The minimum Gasteiger partial charge on any atom is -0.488 e. The number of benzene rings is 2. The van der Waals surface area contributed by atoms with Gasteiger partial charge in [-0.05, 0) is 43.3 Å². The van der Waals surface area contributed by atoms with Gasteiger partial charge in [-0.2, -0.15) is 0 Å². The zero-order valence-corrected chi connectivity index (χ0v) is 15.8. The first-order valence-electron chi connectivity index (χ1n) is 8.86. The normalized spacial score (nSPS) is 16.6. The van der Waals surface area contributed by atoms with Crippen molar-refractivity contribution in [2.45, 2.75) is 19.6 Å². The first-order valence-corrected chi connectivity index (χ1v) is 9.68. The van der Waals surface area contributed by atoms with Crippen LogP contribution in [-0.4, -0.2) is 17.9 Å². The van der Waals surface area contributed by atoms with E-state index < -0.39 is 6.10 Å². The highest BCUT2D eigenvalue weighted by molar-refractivity contribution is 7.17. The second-order valence-corrected chi connectivity index (χ2v) is 7.72. The SMILES string of the molecule is C[C@H]1Oc2ccc(NC(=O)c3cc4c(s3)-c3ccccc3OC4)cc2NC1=O. The molecule has 0 saturated carbocycles. The Labute approximate surface area is 165 Å². The lowest BCUT2D eigenvalue weighted by molar-refractivity contribution is -0.122. The molecule has 140 valence electrons. The minimum atomic E-state index is -0.532. The number of amides is 2. The van der Waals surface area contributed by atoms with Crippen molar-refractivity contribution >= 4 is 34.5 Å². The Morgan fingerprint density at radius 1 is 1.18 bits per heavy atom. The molecule has 0 radical (unpaired) electrons. The molecule has 0 unspecified atom stereocenters. The van der Waals surface area contributed by atoms with Gasteiger partial charge in [0, 0.05) is 21.7 Å². The Kier molecular flexibility index (Phi) is 3.84. The number of anilines is 2. The predicted octanol–water partition coefficient (Wildman–Crippen LogP) is 4.28. The van der Waals surface area contributed by atoms with Crippen LogP contribution in [0.5, 0.6) is 11.5 Å². The maximum Gasteiger partial charge on any atom is 0.265 e. The van der Waals surface area contributed by atoms with Gasteiger partial charge in [-0.25, -0.2) is 0 Å². The summed E-state index contributed by atoms with van der Waals surface area (Å²) >= 11 is 1.45. The smallest absolute Gasteiger partial charge is 0.265 e. The lowest BCUT2D eigenvalue weighted by atomic mass is 10.1. The molecular weight excluding hydrogens is 376 g/mol. The number of thiophene rings is 1. The highest BCUT2D eigenvalue weighted by Crippen LogP contribution is 2.42. The van der Waals surface area contributed by atoms with Crippen LogP contribution >= 0.6 is 11.3 Å².